The summed E-state index contributed by atoms with van der Waals surface area (Å²) >= 11 is 0. The summed E-state index contributed by atoms with van der Waals surface area (Å²) in [4.78, 5) is 23.7. The largest absolute Gasteiger partial charge is 0.478 e. The molecular formula is C20H25ClN4O3. The van der Waals surface area contributed by atoms with Gasteiger partial charge in [0.15, 0.2) is 0 Å². The predicted octanol–water partition coefficient (Wildman–Crippen LogP) is 2.45. The number of aromatic carboxylic acids is 1. The standard InChI is InChI=1S/C20H24N4O3.ClH/c1-27-15-18(8-7-16-5-3-2-4-6-16)23-9-11-24(12-10-23)20-21-13-17(14-22-20)19(25)26;/h2-8,13-14,18H,9-12,15H2,1H3,(H,25,26);1H/b8-7+;. The number of rotatable bonds is 7. The van der Waals surface area contributed by atoms with E-state index in [1.165, 1.54) is 18.0 Å². The Bertz CT molecular complexity index is 763. The highest BCUT2D eigenvalue weighted by Crippen LogP contribution is 2.14. The van der Waals surface area contributed by atoms with E-state index in [4.69, 9.17) is 9.84 Å². The van der Waals surface area contributed by atoms with Gasteiger partial charge in [0.1, 0.15) is 0 Å². The molecule has 150 valence electrons. The first-order valence-electron chi connectivity index (χ1n) is 8.94. The lowest BCUT2D eigenvalue weighted by Gasteiger charge is -2.38. The molecule has 7 nitrogen and oxygen atoms in total. The molecule has 0 spiro atoms. The number of anilines is 1. The minimum absolute atomic E-state index is 0. The molecule has 0 bridgehead atoms. The van der Waals surface area contributed by atoms with Gasteiger partial charge in [-0.1, -0.05) is 42.5 Å². The van der Waals surface area contributed by atoms with Gasteiger partial charge < -0.3 is 14.7 Å². The number of carbonyl (C=O) groups is 1. The quantitative estimate of drug-likeness (QED) is 0.759. The summed E-state index contributed by atoms with van der Waals surface area (Å²) in [5.41, 5.74) is 1.27. The monoisotopic (exact) mass is 404 g/mol. The summed E-state index contributed by atoms with van der Waals surface area (Å²) in [6, 6.07) is 10.4. The lowest BCUT2D eigenvalue weighted by Crippen LogP contribution is -2.51. The van der Waals surface area contributed by atoms with Crippen molar-refractivity contribution in [3.05, 3.63) is 59.9 Å². The molecule has 1 saturated heterocycles. The molecule has 1 aromatic heterocycles. The second-order valence-electron chi connectivity index (χ2n) is 6.39. The molecule has 1 atom stereocenters. The zero-order chi connectivity index (χ0) is 19.1. The Labute approximate surface area is 171 Å². The van der Waals surface area contributed by atoms with Crippen LogP contribution < -0.4 is 4.90 Å². The van der Waals surface area contributed by atoms with Crippen molar-refractivity contribution in [1.82, 2.24) is 14.9 Å². The van der Waals surface area contributed by atoms with E-state index in [-0.39, 0.29) is 24.0 Å². The molecule has 0 radical (unpaired) electrons. The van der Waals surface area contributed by atoms with Crippen molar-refractivity contribution in [3.8, 4) is 0 Å². The Morgan fingerprint density at radius 1 is 1.18 bits per heavy atom. The van der Waals surface area contributed by atoms with Gasteiger partial charge in [-0.25, -0.2) is 14.8 Å². The third-order valence-corrected chi connectivity index (χ3v) is 4.60. The molecule has 1 fully saturated rings. The van der Waals surface area contributed by atoms with Crippen LogP contribution in [0.25, 0.3) is 6.08 Å². The second kappa shape index (κ2) is 10.8. The van der Waals surface area contributed by atoms with Crippen molar-refractivity contribution in [2.75, 3.05) is 44.8 Å². The molecular weight excluding hydrogens is 380 g/mol. The fourth-order valence-electron chi connectivity index (χ4n) is 3.09. The summed E-state index contributed by atoms with van der Waals surface area (Å²) in [5.74, 6) is -0.443. The normalized spacial score (nSPS) is 16.0. The number of halogens is 1. The minimum Gasteiger partial charge on any atom is -0.478 e. The lowest BCUT2D eigenvalue weighted by atomic mass is 10.1. The van der Waals surface area contributed by atoms with Crippen LogP contribution >= 0.6 is 12.4 Å². The first kappa shape index (κ1) is 21.8. The van der Waals surface area contributed by atoms with Crippen LogP contribution in [0.3, 0.4) is 0 Å². The number of piperazine rings is 1. The van der Waals surface area contributed by atoms with Crippen molar-refractivity contribution < 1.29 is 14.6 Å². The van der Waals surface area contributed by atoms with Gasteiger partial charge in [-0.2, -0.15) is 0 Å². The number of nitrogens with zero attached hydrogens (tertiary/aromatic N) is 4. The Kier molecular flexibility index (Phi) is 8.38. The van der Waals surface area contributed by atoms with Crippen LogP contribution in [0.1, 0.15) is 15.9 Å². The van der Waals surface area contributed by atoms with Gasteiger partial charge in [0.2, 0.25) is 5.95 Å². The zero-order valence-corrected chi connectivity index (χ0v) is 16.6. The molecule has 3 rings (SSSR count). The van der Waals surface area contributed by atoms with E-state index >= 15 is 0 Å². The molecule has 2 heterocycles. The third-order valence-electron chi connectivity index (χ3n) is 4.60. The first-order valence-corrected chi connectivity index (χ1v) is 8.94. The Hall–Kier alpha value is -2.48. The van der Waals surface area contributed by atoms with Gasteiger partial charge in [-0.3, -0.25) is 4.90 Å². The Morgan fingerprint density at radius 3 is 2.39 bits per heavy atom. The van der Waals surface area contributed by atoms with Gasteiger partial charge in [0, 0.05) is 45.7 Å². The number of hydrogen-bond donors (Lipinski definition) is 1. The smallest absolute Gasteiger partial charge is 0.338 e. The van der Waals surface area contributed by atoms with Gasteiger partial charge >= 0.3 is 5.97 Å². The summed E-state index contributed by atoms with van der Waals surface area (Å²) in [6.45, 7) is 3.92. The number of carboxylic acids is 1. The van der Waals surface area contributed by atoms with Crippen molar-refractivity contribution in [1.29, 1.82) is 0 Å². The topological polar surface area (TPSA) is 78.8 Å². The van der Waals surface area contributed by atoms with Crippen LogP contribution in [0.5, 0.6) is 0 Å². The lowest BCUT2D eigenvalue weighted by molar-refractivity contribution is 0.0696. The number of hydrogen-bond acceptors (Lipinski definition) is 6. The van der Waals surface area contributed by atoms with Crippen LogP contribution in [0, 0.1) is 0 Å². The Balaban J connectivity index is 0.00000280. The van der Waals surface area contributed by atoms with Crippen LogP contribution in [0.4, 0.5) is 5.95 Å². The zero-order valence-electron chi connectivity index (χ0n) is 15.8. The number of ether oxygens (including phenoxy) is 1. The van der Waals surface area contributed by atoms with Gasteiger partial charge in [0.05, 0.1) is 18.2 Å². The number of methoxy groups -OCH3 is 1. The molecule has 28 heavy (non-hydrogen) atoms. The molecule has 1 aromatic carbocycles. The Morgan fingerprint density at radius 2 is 1.82 bits per heavy atom. The van der Waals surface area contributed by atoms with Crippen molar-refractivity contribution >= 4 is 30.4 Å². The van der Waals surface area contributed by atoms with E-state index in [1.54, 1.807) is 7.11 Å². The van der Waals surface area contributed by atoms with Crippen LogP contribution in [0.2, 0.25) is 0 Å². The number of aromatic nitrogens is 2. The van der Waals surface area contributed by atoms with E-state index in [0.29, 0.717) is 12.6 Å². The molecule has 1 unspecified atom stereocenters. The molecule has 0 aliphatic carbocycles. The summed E-state index contributed by atoms with van der Waals surface area (Å²) in [7, 11) is 1.72. The summed E-state index contributed by atoms with van der Waals surface area (Å²) in [5, 5.41) is 8.95. The molecule has 1 N–H and O–H groups in total. The maximum atomic E-state index is 10.9. The summed E-state index contributed by atoms with van der Waals surface area (Å²) < 4.78 is 5.41. The van der Waals surface area contributed by atoms with E-state index in [0.717, 1.165) is 26.2 Å². The first-order chi connectivity index (χ1) is 13.2. The van der Waals surface area contributed by atoms with E-state index in [9.17, 15) is 4.79 Å². The van der Waals surface area contributed by atoms with Crippen LogP contribution in [0.15, 0.2) is 48.8 Å². The maximum absolute atomic E-state index is 10.9. The van der Waals surface area contributed by atoms with E-state index < -0.39 is 5.97 Å². The fraction of sp³-hybridized carbons (Fsp3) is 0.350. The van der Waals surface area contributed by atoms with Crippen molar-refractivity contribution in [2.24, 2.45) is 0 Å². The van der Waals surface area contributed by atoms with Crippen molar-refractivity contribution in [2.45, 2.75) is 6.04 Å². The average molecular weight is 405 g/mol. The van der Waals surface area contributed by atoms with E-state index in [1.807, 2.05) is 18.2 Å². The highest BCUT2D eigenvalue weighted by Gasteiger charge is 2.23. The minimum atomic E-state index is -1.01. The molecule has 2 aromatic rings. The van der Waals surface area contributed by atoms with Crippen LogP contribution in [-0.2, 0) is 4.74 Å². The van der Waals surface area contributed by atoms with Crippen molar-refractivity contribution in [3.63, 3.8) is 0 Å². The predicted molar refractivity (Wildman–Crippen MR) is 111 cm³/mol. The van der Waals surface area contributed by atoms with Crippen LogP contribution in [-0.4, -0.2) is 71.9 Å². The molecule has 1 aliphatic rings. The van der Waals surface area contributed by atoms with Gasteiger partial charge in [0.25, 0.3) is 0 Å². The molecule has 0 amide bonds. The highest BCUT2D eigenvalue weighted by atomic mass is 35.5. The number of benzene rings is 1. The highest BCUT2D eigenvalue weighted by molar-refractivity contribution is 5.86. The molecule has 1 aliphatic heterocycles. The average Bonchev–Trinajstić information content (AvgIpc) is 2.72. The fourth-order valence-corrected chi connectivity index (χ4v) is 3.09. The molecule has 8 heteroatoms. The van der Waals surface area contributed by atoms with E-state index in [2.05, 4.69) is 44.1 Å². The van der Waals surface area contributed by atoms with Gasteiger partial charge in [-0.15, -0.1) is 12.4 Å². The maximum Gasteiger partial charge on any atom is 0.338 e. The van der Waals surface area contributed by atoms with Gasteiger partial charge in [-0.05, 0) is 5.56 Å². The molecule has 0 saturated carbocycles. The number of carboxylic acid groups (broad SMARTS) is 1. The second-order valence-corrected chi connectivity index (χ2v) is 6.39. The summed E-state index contributed by atoms with van der Waals surface area (Å²) in [6.07, 6.45) is 7.02. The SMILES string of the molecule is COCC(/C=C/c1ccccc1)N1CCN(c2ncc(C(=O)O)cn2)CC1.Cl. The third kappa shape index (κ3) is 5.76.